The number of carboxylic acid groups (broad SMARTS) is 1. The van der Waals surface area contributed by atoms with Crippen LogP contribution in [0.3, 0.4) is 0 Å². The van der Waals surface area contributed by atoms with Crippen LogP contribution in [0.1, 0.15) is 71.6 Å². The third-order valence-corrected chi connectivity index (χ3v) is 5.07. The first-order valence-corrected chi connectivity index (χ1v) is 9.80. The van der Waals surface area contributed by atoms with Gasteiger partial charge in [-0.3, -0.25) is 9.59 Å². The SMILES string of the molecule is CCCCCC(O)/C=C(\C)C1C(=O)CC(O)C1C/C=C/CCCC(=O)O. The molecule has 0 aromatic carbocycles. The molecule has 5 heteroatoms. The zero-order valence-corrected chi connectivity index (χ0v) is 16.1. The molecular formula is C21H34O5. The predicted octanol–water partition coefficient (Wildman–Crippen LogP) is 3.64. The molecule has 26 heavy (non-hydrogen) atoms. The number of unbranched alkanes of at least 4 members (excludes halogenated alkanes) is 3. The maximum Gasteiger partial charge on any atom is 0.303 e. The summed E-state index contributed by atoms with van der Waals surface area (Å²) in [5.41, 5.74) is 0.847. The van der Waals surface area contributed by atoms with Crippen molar-refractivity contribution in [1.82, 2.24) is 0 Å². The van der Waals surface area contributed by atoms with Gasteiger partial charge in [-0.2, -0.15) is 0 Å². The summed E-state index contributed by atoms with van der Waals surface area (Å²) in [7, 11) is 0. The van der Waals surface area contributed by atoms with Crippen molar-refractivity contribution in [3.63, 3.8) is 0 Å². The molecule has 0 spiro atoms. The zero-order chi connectivity index (χ0) is 19.5. The summed E-state index contributed by atoms with van der Waals surface area (Å²) in [6, 6.07) is 0. The standard InChI is InChI=1S/C21H34O5/c1-3-4-7-10-16(22)13-15(2)21-17(18(23)14-19(21)24)11-8-5-6-9-12-20(25)26/h5,8,13,16-18,21-23H,3-4,6-7,9-12,14H2,1-2H3,(H,25,26)/b8-5+,15-13+. The Morgan fingerprint density at radius 1 is 1.27 bits per heavy atom. The molecule has 1 saturated carbocycles. The van der Waals surface area contributed by atoms with Gasteiger partial charge in [0.1, 0.15) is 5.78 Å². The molecule has 0 aromatic heterocycles. The number of carboxylic acids is 1. The van der Waals surface area contributed by atoms with E-state index in [9.17, 15) is 19.8 Å². The number of ketones is 1. The lowest BCUT2D eigenvalue weighted by molar-refractivity contribution is -0.137. The largest absolute Gasteiger partial charge is 0.481 e. The molecule has 4 unspecified atom stereocenters. The van der Waals surface area contributed by atoms with Crippen molar-refractivity contribution in [3.8, 4) is 0 Å². The highest BCUT2D eigenvalue weighted by Crippen LogP contribution is 2.37. The molecular weight excluding hydrogens is 332 g/mol. The Kier molecular flexibility index (Phi) is 10.4. The summed E-state index contributed by atoms with van der Waals surface area (Å²) in [4.78, 5) is 22.8. The smallest absolute Gasteiger partial charge is 0.303 e. The molecule has 3 N–H and O–H groups in total. The second kappa shape index (κ2) is 12.0. The van der Waals surface area contributed by atoms with Gasteiger partial charge in [0.25, 0.3) is 0 Å². The number of hydrogen-bond donors (Lipinski definition) is 3. The number of Topliss-reactive ketones (excluding diaryl/α,β-unsaturated/α-hetero) is 1. The van der Waals surface area contributed by atoms with Crippen LogP contribution >= 0.6 is 0 Å². The van der Waals surface area contributed by atoms with Crippen LogP contribution in [-0.4, -0.2) is 39.3 Å². The number of carbonyl (C=O) groups is 2. The van der Waals surface area contributed by atoms with Gasteiger partial charge in [0, 0.05) is 24.7 Å². The molecule has 0 aliphatic heterocycles. The fraction of sp³-hybridized carbons (Fsp3) is 0.714. The van der Waals surface area contributed by atoms with Crippen LogP contribution in [0.2, 0.25) is 0 Å². The second-order valence-electron chi connectivity index (χ2n) is 7.35. The van der Waals surface area contributed by atoms with Gasteiger partial charge in [-0.25, -0.2) is 0 Å². The lowest BCUT2D eigenvalue weighted by Crippen LogP contribution is -2.22. The Labute approximate surface area is 156 Å². The van der Waals surface area contributed by atoms with Crippen molar-refractivity contribution in [2.24, 2.45) is 11.8 Å². The molecule has 0 aromatic rings. The Hall–Kier alpha value is -1.46. The summed E-state index contributed by atoms with van der Waals surface area (Å²) in [5, 5.41) is 29.0. The highest BCUT2D eigenvalue weighted by Gasteiger charge is 2.41. The fourth-order valence-electron chi connectivity index (χ4n) is 3.67. The summed E-state index contributed by atoms with van der Waals surface area (Å²) >= 11 is 0. The minimum atomic E-state index is -0.798. The molecule has 1 aliphatic rings. The Morgan fingerprint density at radius 3 is 2.65 bits per heavy atom. The van der Waals surface area contributed by atoms with Crippen molar-refractivity contribution >= 4 is 11.8 Å². The molecule has 148 valence electrons. The van der Waals surface area contributed by atoms with Gasteiger partial charge in [-0.05, 0) is 32.6 Å². The fourth-order valence-corrected chi connectivity index (χ4v) is 3.67. The quantitative estimate of drug-likeness (QED) is 0.362. The minimum absolute atomic E-state index is 0.0382. The molecule has 0 amide bonds. The third-order valence-electron chi connectivity index (χ3n) is 5.07. The molecule has 0 heterocycles. The summed E-state index contributed by atoms with van der Waals surface area (Å²) in [6.45, 7) is 3.99. The van der Waals surface area contributed by atoms with Crippen molar-refractivity contribution in [1.29, 1.82) is 0 Å². The molecule has 0 bridgehead atoms. The van der Waals surface area contributed by atoms with E-state index in [-0.39, 0.29) is 30.5 Å². The van der Waals surface area contributed by atoms with E-state index in [1.54, 1.807) is 6.08 Å². The van der Waals surface area contributed by atoms with E-state index in [1.165, 1.54) is 0 Å². The summed E-state index contributed by atoms with van der Waals surface area (Å²) in [5.74, 6) is -1.27. The predicted molar refractivity (Wildman–Crippen MR) is 102 cm³/mol. The average molecular weight is 366 g/mol. The van der Waals surface area contributed by atoms with Crippen molar-refractivity contribution in [2.45, 2.75) is 83.8 Å². The monoisotopic (exact) mass is 366 g/mol. The van der Waals surface area contributed by atoms with Crippen LogP contribution in [0, 0.1) is 11.8 Å². The minimum Gasteiger partial charge on any atom is -0.481 e. The molecule has 5 nitrogen and oxygen atoms in total. The lowest BCUT2D eigenvalue weighted by atomic mass is 9.84. The topological polar surface area (TPSA) is 94.8 Å². The van der Waals surface area contributed by atoms with Crippen LogP contribution in [0.4, 0.5) is 0 Å². The summed E-state index contributed by atoms with van der Waals surface area (Å²) in [6.07, 6.45) is 10.5. The average Bonchev–Trinajstić information content (AvgIpc) is 2.84. The highest BCUT2D eigenvalue weighted by molar-refractivity contribution is 5.87. The van der Waals surface area contributed by atoms with Crippen LogP contribution in [0.5, 0.6) is 0 Å². The van der Waals surface area contributed by atoms with Crippen molar-refractivity contribution in [3.05, 3.63) is 23.8 Å². The molecule has 0 radical (unpaired) electrons. The first kappa shape index (κ1) is 22.6. The lowest BCUT2D eigenvalue weighted by Gasteiger charge is -2.21. The van der Waals surface area contributed by atoms with E-state index in [2.05, 4.69) is 6.92 Å². The van der Waals surface area contributed by atoms with Gasteiger partial charge in [0.05, 0.1) is 12.2 Å². The van der Waals surface area contributed by atoms with E-state index >= 15 is 0 Å². The van der Waals surface area contributed by atoms with Crippen molar-refractivity contribution < 1.29 is 24.9 Å². The maximum absolute atomic E-state index is 12.3. The van der Waals surface area contributed by atoms with Crippen LogP contribution in [0.15, 0.2) is 23.8 Å². The molecule has 1 rings (SSSR count). The Bertz CT molecular complexity index is 509. The van der Waals surface area contributed by atoms with E-state index in [0.717, 1.165) is 24.8 Å². The Morgan fingerprint density at radius 2 is 2.00 bits per heavy atom. The first-order valence-electron chi connectivity index (χ1n) is 9.80. The Balaban J connectivity index is 2.61. The van der Waals surface area contributed by atoms with E-state index in [1.807, 2.05) is 19.1 Å². The van der Waals surface area contributed by atoms with Gasteiger partial charge in [-0.15, -0.1) is 0 Å². The van der Waals surface area contributed by atoms with Crippen LogP contribution < -0.4 is 0 Å². The maximum atomic E-state index is 12.3. The highest BCUT2D eigenvalue weighted by atomic mass is 16.4. The van der Waals surface area contributed by atoms with Gasteiger partial charge < -0.3 is 15.3 Å². The normalized spacial score (nSPS) is 25.2. The molecule has 4 atom stereocenters. The number of rotatable bonds is 12. The van der Waals surface area contributed by atoms with Crippen LogP contribution in [0.25, 0.3) is 0 Å². The number of aliphatic hydroxyl groups excluding tert-OH is 2. The van der Waals surface area contributed by atoms with Gasteiger partial charge in [0.2, 0.25) is 0 Å². The molecule has 0 saturated heterocycles. The number of aliphatic carboxylic acids is 1. The zero-order valence-electron chi connectivity index (χ0n) is 16.1. The van der Waals surface area contributed by atoms with Gasteiger partial charge in [0.15, 0.2) is 0 Å². The van der Waals surface area contributed by atoms with Gasteiger partial charge >= 0.3 is 5.97 Å². The number of carbonyl (C=O) groups excluding carboxylic acids is 1. The number of hydrogen-bond acceptors (Lipinski definition) is 4. The number of aliphatic hydroxyl groups is 2. The van der Waals surface area contributed by atoms with Gasteiger partial charge in [-0.1, -0.05) is 50.0 Å². The van der Waals surface area contributed by atoms with E-state index in [4.69, 9.17) is 5.11 Å². The first-order chi connectivity index (χ1) is 12.4. The second-order valence-corrected chi connectivity index (χ2v) is 7.35. The molecule has 1 aliphatic carbocycles. The third kappa shape index (κ3) is 7.83. The van der Waals surface area contributed by atoms with Crippen molar-refractivity contribution in [2.75, 3.05) is 0 Å². The number of allylic oxidation sites excluding steroid dienone is 3. The van der Waals surface area contributed by atoms with Crippen LogP contribution in [-0.2, 0) is 9.59 Å². The molecule has 1 fully saturated rings. The summed E-state index contributed by atoms with van der Waals surface area (Å²) < 4.78 is 0. The van der Waals surface area contributed by atoms with E-state index < -0.39 is 18.2 Å². The van der Waals surface area contributed by atoms with E-state index in [0.29, 0.717) is 25.7 Å².